The van der Waals surface area contributed by atoms with Crippen molar-refractivity contribution in [2.24, 2.45) is 50.2 Å². The van der Waals surface area contributed by atoms with E-state index in [1.54, 1.807) is 0 Å². The van der Waals surface area contributed by atoms with Crippen molar-refractivity contribution in [3.05, 3.63) is 11.6 Å². The molecule has 0 amide bonds. The molecule has 0 bridgehead atoms. The third-order valence-corrected chi connectivity index (χ3v) is 13.0. The molecule has 5 rings (SSSR count). The zero-order chi connectivity index (χ0) is 22.7. The van der Waals surface area contributed by atoms with Gasteiger partial charge in [-0.1, -0.05) is 73.5 Å². The quantitative estimate of drug-likeness (QED) is 0.387. The molecule has 5 aliphatic rings. The second-order valence-electron chi connectivity index (χ2n) is 15.2. The first-order chi connectivity index (χ1) is 14.2. The van der Waals surface area contributed by atoms with Gasteiger partial charge in [-0.2, -0.15) is 0 Å². The second-order valence-corrected chi connectivity index (χ2v) is 15.2. The number of fused-ring (bicyclic) bond motifs is 7. The summed E-state index contributed by atoms with van der Waals surface area (Å²) < 4.78 is 0. The fourth-order valence-electron chi connectivity index (χ4n) is 10.6. The summed E-state index contributed by atoms with van der Waals surface area (Å²) in [6, 6.07) is 0. The van der Waals surface area contributed by atoms with E-state index >= 15 is 0 Å². The Hall–Kier alpha value is -0.300. The molecule has 1 nitrogen and oxygen atoms in total. The first-order valence-electron chi connectivity index (χ1n) is 13.6. The smallest absolute Gasteiger partial charge is 0.0629 e. The van der Waals surface area contributed by atoms with E-state index in [4.69, 9.17) is 0 Å². The number of aliphatic hydroxyl groups is 1. The van der Waals surface area contributed by atoms with Crippen molar-refractivity contribution < 1.29 is 5.11 Å². The first kappa shape index (κ1) is 22.5. The third kappa shape index (κ3) is 2.71. The molecule has 5 aliphatic carbocycles. The van der Waals surface area contributed by atoms with Gasteiger partial charge in [0, 0.05) is 0 Å². The van der Waals surface area contributed by atoms with Gasteiger partial charge < -0.3 is 5.11 Å². The highest BCUT2D eigenvalue weighted by Gasteiger charge is 2.70. The summed E-state index contributed by atoms with van der Waals surface area (Å²) in [6.07, 6.45) is 15.9. The van der Waals surface area contributed by atoms with Crippen molar-refractivity contribution in [3.8, 4) is 0 Å². The minimum Gasteiger partial charge on any atom is -0.392 e. The van der Waals surface area contributed by atoms with E-state index in [1.165, 1.54) is 64.2 Å². The van der Waals surface area contributed by atoms with Crippen LogP contribution in [-0.4, -0.2) is 11.2 Å². The lowest BCUT2D eigenvalue weighted by atomic mass is 9.31. The average Bonchev–Trinajstić information content (AvgIpc) is 2.67. The monoisotopic (exact) mass is 426 g/mol. The second kappa shape index (κ2) is 6.43. The van der Waals surface area contributed by atoms with Crippen LogP contribution in [0.25, 0.3) is 0 Å². The van der Waals surface area contributed by atoms with E-state index < -0.39 is 0 Å². The van der Waals surface area contributed by atoms with Crippen LogP contribution < -0.4 is 0 Å². The zero-order valence-electron chi connectivity index (χ0n) is 21.9. The van der Waals surface area contributed by atoms with Crippen LogP contribution in [0.2, 0.25) is 0 Å². The van der Waals surface area contributed by atoms with Gasteiger partial charge in [0.25, 0.3) is 0 Å². The Morgan fingerprint density at radius 2 is 1.42 bits per heavy atom. The molecule has 8 unspecified atom stereocenters. The predicted molar refractivity (Wildman–Crippen MR) is 131 cm³/mol. The number of hydrogen-bond acceptors (Lipinski definition) is 1. The van der Waals surface area contributed by atoms with Crippen LogP contribution in [0.15, 0.2) is 11.6 Å². The topological polar surface area (TPSA) is 20.2 Å². The Kier molecular flexibility index (Phi) is 4.66. The predicted octanol–water partition coefficient (Wildman–Crippen LogP) is 8.17. The van der Waals surface area contributed by atoms with Gasteiger partial charge >= 0.3 is 0 Å². The Morgan fingerprint density at radius 1 is 0.774 bits per heavy atom. The molecule has 0 aromatic heterocycles. The molecule has 0 saturated heterocycles. The van der Waals surface area contributed by atoms with E-state index in [9.17, 15) is 5.11 Å². The van der Waals surface area contributed by atoms with Gasteiger partial charge in [-0.3, -0.25) is 0 Å². The van der Waals surface area contributed by atoms with Crippen molar-refractivity contribution in [2.75, 3.05) is 0 Å². The van der Waals surface area contributed by atoms with Gasteiger partial charge in [-0.15, -0.1) is 0 Å². The van der Waals surface area contributed by atoms with Crippen LogP contribution in [0, 0.1) is 50.2 Å². The van der Waals surface area contributed by atoms with Crippen LogP contribution in [0.5, 0.6) is 0 Å². The molecule has 0 aliphatic heterocycles. The Labute approximate surface area is 192 Å². The molecule has 4 saturated carbocycles. The largest absolute Gasteiger partial charge is 0.392 e. The van der Waals surface area contributed by atoms with Crippen LogP contribution in [0.3, 0.4) is 0 Å². The van der Waals surface area contributed by atoms with Gasteiger partial charge in [-0.25, -0.2) is 0 Å². The highest BCUT2D eigenvalue weighted by Crippen LogP contribution is 2.77. The lowest BCUT2D eigenvalue weighted by Gasteiger charge is -2.74. The summed E-state index contributed by atoms with van der Waals surface area (Å²) in [6.45, 7) is 20.2. The first-order valence-corrected chi connectivity index (χ1v) is 13.6. The van der Waals surface area contributed by atoms with E-state index in [2.05, 4.69) is 61.5 Å². The Bertz CT molecular complexity index is 790. The molecule has 8 atom stereocenters. The minimum atomic E-state index is -0.163. The van der Waals surface area contributed by atoms with Crippen LogP contribution in [-0.2, 0) is 0 Å². The van der Waals surface area contributed by atoms with Gasteiger partial charge in [0.1, 0.15) is 0 Å². The zero-order valence-corrected chi connectivity index (χ0v) is 21.9. The standard InChI is InChI=1S/C30H50O/c1-25(2)13-9-10-21-20(25)11-12-22-28(21,6)17-19-30(8)23-24(31)26(3,4)14-15-27(23,5)16-18-29(22,30)7/h11,21-24,31H,9-10,12-19H2,1-8H3. The number of aliphatic hydroxyl groups excluding tert-OH is 1. The Balaban J connectivity index is 1.59. The summed E-state index contributed by atoms with van der Waals surface area (Å²) in [5.41, 5.74) is 3.60. The molecule has 0 spiro atoms. The van der Waals surface area contributed by atoms with E-state index in [1.807, 2.05) is 5.57 Å². The molecule has 4 fully saturated rings. The molecule has 31 heavy (non-hydrogen) atoms. The molecule has 0 aromatic carbocycles. The highest BCUT2D eigenvalue weighted by atomic mass is 16.3. The van der Waals surface area contributed by atoms with Crippen molar-refractivity contribution in [2.45, 2.75) is 126 Å². The molecule has 176 valence electrons. The van der Waals surface area contributed by atoms with Crippen LogP contribution >= 0.6 is 0 Å². The maximum absolute atomic E-state index is 11.8. The maximum Gasteiger partial charge on any atom is 0.0629 e. The molecular weight excluding hydrogens is 376 g/mol. The third-order valence-electron chi connectivity index (χ3n) is 13.0. The highest BCUT2D eigenvalue weighted by molar-refractivity contribution is 5.29. The Morgan fingerprint density at radius 3 is 2.13 bits per heavy atom. The van der Waals surface area contributed by atoms with Crippen molar-refractivity contribution in [3.63, 3.8) is 0 Å². The summed E-state index contributed by atoms with van der Waals surface area (Å²) in [5.74, 6) is 2.00. The average molecular weight is 427 g/mol. The lowest BCUT2D eigenvalue weighted by molar-refractivity contribution is -0.260. The fourth-order valence-corrected chi connectivity index (χ4v) is 10.6. The van der Waals surface area contributed by atoms with E-state index in [-0.39, 0.29) is 16.9 Å². The van der Waals surface area contributed by atoms with Gasteiger partial charge in [-0.05, 0) is 108 Å². The van der Waals surface area contributed by atoms with Gasteiger partial charge in [0.15, 0.2) is 0 Å². The molecule has 0 aromatic rings. The minimum absolute atomic E-state index is 0.0548. The SMILES string of the molecule is CC1(C)CCCC2C1=CCC1C2(C)CCC2(C)C3C(O)C(C)(C)CCC3(C)CCC12C. The van der Waals surface area contributed by atoms with Crippen molar-refractivity contribution in [1.29, 1.82) is 0 Å². The molecule has 1 heteroatoms. The van der Waals surface area contributed by atoms with Crippen molar-refractivity contribution in [1.82, 2.24) is 0 Å². The summed E-state index contributed by atoms with van der Waals surface area (Å²) >= 11 is 0. The van der Waals surface area contributed by atoms with Crippen LogP contribution in [0.1, 0.15) is 120 Å². The summed E-state index contributed by atoms with van der Waals surface area (Å²) in [4.78, 5) is 0. The van der Waals surface area contributed by atoms with E-state index in [0.29, 0.717) is 27.6 Å². The number of allylic oxidation sites excluding steroid dienone is 2. The van der Waals surface area contributed by atoms with Gasteiger partial charge in [0.2, 0.25) is 0 Å². The molecular formula is C30H50O. The van der Waals surface area contributed by atoms with Crippen LogP contribution in [0.4, 0.5) is 0 Å². The number of rotatable bonds is 0. The van der Waals surface area contributed by atoms with Gasteiger partial charge in [0.05, 0.1) is 6.10 Å². The molecule has 0 radical (unpaired) electrons. The fraction of sp³-hybridized carbons (Fsp3) is 0.933. The summed E-state index contributed by atoms with van der Waals surface area (Å²) in [5, 5.41) is 11.8. The maximum atomic E-state index is 11.8. The molecule has 1 N–H and O–H groups in total. The van der Waals surface area contributed by atoms with Crippen molar-refractivity contribution >= 4 is 0 Å². The van der Waals surface area contributed by atoms with E-state index in [0.717, 1.165) is 11.8 Å². The number of hydrogen-bond donors (Lipinski definition) is 1. The lowest BCUT2D eigenvalue weighted by Crippen LogP contribution is -2.68. The normalized spacial score (nSPS) is 55.2. The summed E-state index contributed by atoms with van der Waals surface area (Å²) in [7, 11) is 0. The molecule has 0 heterocycles.